The van der Waals surface area contributed by atoms with Crippen molar-refractivity contribution in [3.8, 4) is 5.75 Å². The minimum absolute atomic E-state index is 0.270. The number of hydrogen-bond donors (Lipinski definition) is 1. The molecule has 0 saturated carbocycles. The molecule has 0 saturated heterocycles. The first-order chi connectivity index (χ1) is 12.0. The van der Waals surface area contributed by atoms with Crippen molar-refractivity contribution in [3.05, 3.63) is 51.2 Å². The van der Waals surface area contributed by atoms with Gasteiger partial charge in [0.15, 0.2) is 6.61 Å². The molecule has 0 spiro atoms. The summed E-state index contributed by atoms with van der Waals surface area (Å²) in [4.78, 5) is 23.8. The zero-order chi connectivity index (χ0) is 18.2. The highest BCUT2D eigenvalue weighted by molar-refractivity contribution is 7.11. The van der Waals surface area contributed by atoms with Crippen molar-refractivity contribution in [1.82, 2.24) is 5.32 Å². The molecule has 1 aromatic carbocycles. The number of carbonyl (C=O) groups excluding carboxylic acids is 2. The van der Waals surface area contributed by atoms with Crippen LogP contribution in [0.4, 0.5) is 0 Å². The Kier molecular flexibility index (Phi) is 7.01. The predicted octanol–water partition coefficient (Wildman–Crippen LogP) is 3.42. The van der Waals surface area contributed by atoms with Crippen LogP contribution in [0.25, 0.3) is 0 Å². The smallest absolute Gasteiger partial charge is 0.348 e. The lowest BCUT2D eigenvalue weighted by Crippen LogP contribution is -2.30. The monoisotopic (exact) mass is 361 g/mol. The molecule has 5 nitrogen and oxygen atoms in total. The number of hydrogen-bond acceptors (Lipinski definition) is 5. The molecule has 0 atom stereocenters. The fourth-order valence-electron chi connectivity index (χ4n) is 2.28. The van der Waals surface area contributed by atoms with Gasteiger partial charge in [0.05, 0.1) is 6.61 Å². The lowest BCUT2D eigenvalue weighted by atomic mass is 10.1. The summed E-state index contributed by atoms with van der Waals surface area (Å²) in [6, 6.07) is 7.57. The summed E-state index contributed by atoms with van der Waals surface area (Å²) in [7, 11) is 0. The minimum atomic E-state index is -0.473. The van der Waals surface area contributed by atoms with E-state index in [1.807, 2.05) is 19.9 Å². The Morgan fingerprint density at radius 1 is 1.20 bits per heavy atom. The van der Waals surface area contributed by atoms with Crippen LogP contribution in [0.3, 0.4) is 0 Å². The van der Waals surface area contributed by atoms with Crippen molar-refractivity contribution in [2.24, 2.45) is 0 Å². The number of rotatable bonds is 8. The number of benzene rings is 1. The van der Waals surface area contributed by atoms with E-state index < -0.39 is 5.97 Å². The van der Waals surface area contributed by atoms with Gasteiger partial charge in [-0.15, -0.1) is 11.3 Å². The Morgan fingerprint density at radius 2 is 2.00 bits per heavy atom. The van der Waals surface area contributed by atoms with Crippen molar-refractivity contribution in [1.29, 1.82) is 0 Å². The maximum atomic E-state index is 11.7. The van der Waals surface area contributed by atoms with Gasteiger partial charge in [-0.25, -0.2) is 4.79 Å². The number of esters is 1. The molecule has 0 unspecified atom stereocenters. The van der Waals surface area contributed by atoms with E-state index in [1.54, 1.807) is 17.5 Å². The molecule has 6 heteroatoms. The third-order valence-electron chi connectivity index (χ3n) is 3.72. The molecular weight excluding hydrogens is 338 g/mol. The van der Waals surface area contributed by atoms with Gasteiger partial charge in [0.25, 0.3) is 5.91 Å². The van der Waals surface area contributed by atoms with Crippen molar-refractivity contribution < 1.29 is 19.1 Å². The molecule has 0 bridgehead atoms. The van der Waals surface area contributed by atoms with Gasteiger partial charge in [-0.1, -0.05) is 12.1 Å². The number of carbonyl (C=O) groups is 2. The van der Waals surface area contributed by atoms with Crippen molar-refractivity contribution in [2.75, 3.05) is 19.8 Å². The topological polar surface area (TPSA) is 64.6 Å². The average molecular weight is 361 g/mol. The van der Waals surface area contributed by atoms with Gasteiger partial charge < -0.3 is 14.8 Å². The van der Waals surface area contributed by atoms with Gasteiger partial charge in [-0.05, 0) is 61.4 Å². The number of aryl methyl sites for hydroxylation is 2. The number of thiophene rings is 1. The first-order valence-corrected chi connectivity index (χ1v) is 9.03. The largest absolute Gasteiger partial charge is 0.493 e. The third kappa shape index (κ3) is 5.90. The molecular formula is C19H23NO4S. The number of ether oxygens (including phenoxy) is 2. The molecule has 1 amide bonds. The van der Waals surface area contributed by atoms with Crippen LogP contribution >= 0.6 is 11.3 Å². The molecule has 0 fully saturated rings. The second-order valence-electron chi connectivity index (χ2n) is 5.81. The van der Waals surface area contributed by atoms with Gasteiger partial charge in [-0.2, -0.15) is 0 Å². The number of nitrogens with one attached hydrogen (secondary N) is 1. The second-order valence-corrected chi connectivity index (χ2v) is 6.76. The third-order valence-corrected chi connectivity index (χ3v) is 4.57. The molecule has 0 aliphatic carbocycles. The van der Waals surface area contributed by atoms with Crippen LogP contribution < -0.4 is 10.1 Å². The van der Waals surface area contributed by atoms with E-state index in [0.29, 0.717) is 24.4 Å². The summed E-state index contributed by atoms with van der Waals surface area (Å²) in [5.74, 6) is 0.0972. The molecule has 2 rings (SSSR count). The highest BCUT2D eigenvalue weighted by Crippen LogP contribution is 2.23. The normalized spacial score (nSPS) is 10.4. The second kappa shape index (κ2) is 9.22. The van der Waals surface area contributed by atoms with Gasteiger partial charge in [-0.3, -0.25) is 4.79 Å². The Balaban J connectivity index is 1.63. The van der Waals surface area contributed by atoms with E-state index in [-0.39, 0.29) is 12.5 Å². The summed E-state index contributed by atoms with van der Waals surface area (Å²) in [5.41, 5.74) is 3.50. The van der Waals surface area contributed by atoms with Crippen LogP contribution in [0, 0.1) is 20.8 Å². The fourth-order valence-corrected chi connectivity index (χ4v) is 2.90. The molecule has 134 valence electrons. The summed E-state index contributed by atoms with van der Waals surface area (Å²) in [6.45, 7) is 6.85. The van der Waals surface area contributed by atoms with E-state index >= 15 is 0 Å². The summed E-state index contributed by atoms with van der Waals surface area (Å²) in [5, 5.41) is 4.50. The van der Waals surface area contributed by atoms with Gasteiger partial charge >= 0.3 is 5.97 Å². The van der Waals surface area contributed by atoms with E-state index in [9.17, 15) is 9.59 Å². The molecule has 0 aliphatic heterocycles. The predicted molar refractivity (Wildman–Crippen MR) is 98.4 cm³/mol. The zero-order valence-corrected chi connectivity index (χ0v) is 15.6. The lowest BCUT2D eigenvalue weighted by molar-refractivity contribution is -0.124. The first-order valence-electron chi connectivity index (χ1n) is 8.15. The zero-order valence-electron chi connectivity index (χ0n) is 14.8. The molecule has 25 heavy (non-hydrogen) atoms. The standard InChI is InChI=1S/C19H23NO4S/c1-13-10-14(2)15(3)16(11-13)23-8-5-7-20-18(21)12-24-19(22)17-6-4-9-25-17/h4,6,9-11H,5,7-8,12H2,1-3H3,(H,20,21). The SMILES string of the molecule is Cc1cc(C)c(C)c(OCCCNC(=O)COC(=O)c2cccs2)c1. The Bertz CT molecular complexity index is 725. The molecule has 1 aromatic heterocycles. The highest BCUT2D eigenvalue weighted by atomic mass is 32.1. The van der Waals surface area contributed by atoms with Crippen molar-refractivity contribution >= 4 is 23.2 Å². The van der Waals surface area contributed by atoms with E-state index in [1.165, 1.54) is 22.5 Å². The Labute approximate surface area is 152 Å². The maximum absolute atomic E-state index is 11.7. The van der Waals surface area contributed by atoms with Crippen LogP contribution in [0.1, 0.15) is 32.8 Å². The maximum Gasteiger partial charge on any atom is 0.348 e. The number of amides is 1. The molecule has 0 aliphatic rings. The molecule has 2 aromatic rings. The van der Waals surface area contributed by atoms with Crippen LogP contribution in [0.2, 0.25) is 0 Å². The summed E-state index contributed by atoms with van der Waals surface area (Å²) in [6.07, 6.45) is 0.678. The highest BCUT2D eigenvalue weighted by Gasteiger charge is 2.10. The van der Waals surface area contributed by atoms with Crippen LogP contribution in [0.5, 0.6) is 5.75 Å². The summed E-state index contributed by atoms with van der Waals surface area (Å²) >= 11 is 1.29. The van der Waals surface area contributed by atoms with E-state index in [4.69, 9.17) is 9.47 Å². The van der Waals surface area contributed by atoms with Crippen LogP contribution in [-0.2, 0) is 9.53 Å². The van der Waals surface area contributed by atoms with Crippen molar-refractivity contribution in [3.63, 3.8) is 0 Å². The van der Waals surface area contributed by atoms with Gasteiger partial charge in [0.2, 0.25) is 0 Å². The average Bonchev–Trinajstić information content (AvgIpc) is 3.11. The Hall–Kier alpha value is -2.34. The van der Waals surface area contributed by atoms with Crippen molar-refractivity contribution in [2.45, 2.75) is 27.2 Å². The fraction of sp³-hybridized carbons (Fsp3) is 0.368. The first kappa shape index (κ1) is 19.0. The molecule has 1 N–H and O–H groups in total. The van der Waals surface area contributed by atoms with Gasteiger partial charge in [0, 0.05) is 6.54 Å². The summed E-state index contributed by atoms with van der Waals surface area (Å²) < 4.78 is 10.7. The van der Waals surface area contributed by atoms with E-state index in [2.05, 4.69) is 18.3 Å². The minimum Gasteiger partial charge on any atom is -0.493 e. The molecule has 1 heterocycles. The van der Waals surface area contributed by atoms with Gasteiger partial charge in [0.1, 0.15) is 10.6 Å². The Morgan fingerprint density at radius 3 is 2.72 bits per heavy atom. The van der Waals surface area contributed by atoms with Crippen LogP contribution in [0.15, 0.2) is 29.6 Å². The molecule has 0 radical (unpaired) electrons. The lowest BCUT2D eigenvalue weighted by Gasteiger charge is -2.12. The van der Waals surface area contributed by atoms with Crippen LogP contribution in [-0.4, -0.2) is 31.6 Å². The van der Waals surface area contributed by atoms with E-state index in [0.717, 1.165) is 11.3 Å². The quantitative estimate of drug-likeness (QED) is 0.578.